The summed E-state index contributed by atoms with van der Waals surface area (Å²) in [7, 11) is 0. The van der Waals surface area contributed by atoms with Crippen molar-refractivity contribution in [2.75, 3.05) is 0 Å². The zero-order valence-electron chi connectivity index (χ0n) is 29.8. The molecule has 2 aliphatic heterocycles. The number of hydrogen-bond donors (Lipinski definition) is 0. The Bertz CT molecular complexity index is 2660. The molecule has 0 radical (unpaired) electrons. The third kappa shape index (κ3) is 4.01. The topological polar surface area (TPSA) is 28.3 Å². The van der Waals surface area contributed by atoms with E-state index in [-0.39, 0.29) is 6.04 Å². The van der Waals surface area contributed by atoms with Gasteiger partial charge in [-0.15, -0.1) is 0 Å². The van der Waals surface area contributed by atoms with Gasteiger partial charge < -0.3 is 18.6 Å². The molecule has 53 heavy (non-hydrogen) atoms. The number of nitrogens with zero attached hydrogens (tertiary/aromatic N) is 2. The lowest BCUT2D eigenvalue weighted by atomic mass is 9.57. The van der Waals surface area contributed by atoms with Gasteiger partial charge in [0.2, 0.25) is 0 Å². The molecule has 12 rings (SSSR count). The predicted molar refractivity (Wildman–Crippen MR) is 214 cm³/mol. The quantitative estimate of drug-likeness (QED) is 0.185. The number of aromatic nitrogens is 2. The van der Waals surface area contributed by atoms with E-state index in [4.69, 9.17) is 9.47 Å². The highest BCUT2D eigenvalue weighted by Gasteiger charge is 2.54. The number of benzene rings is 3. The summed E-state index contributed by atoms with van der Waals surface area (Å²) in [5, 5.41) is 2.61. The van der Waals surface area contributed by atoms with Crippen LogP contribution in [0.1, 0.15) is 79.1 Å². The fourth-order valence-electron chi connectivity index (χ4n) is 10.7. The van der Waals surface area contributed by atoms with Crippen LogP contribution in [0.5, 0.6) is 5.75 Å². The second kappa shape index (κ2) is 11.1. The van der Waals surface area contributed by atoms with Crippen LogP contribution in [0.3, 0.4) is 0 Å². The van der Waals surface area contributed by atoms with Gasteiger partial charge in [0.25, 0.3) is 0 Å². The average Bonchev–Trinajstić information content (AvgIpc) is 3.74. The lowest BCUT2D eigenvalue weighted by Crippen LogP contribution is -2.43. The Kier molecular flexibility index (Phi) is 6.26. The first-order chi connectivity index (χ1) is 26.3. The molecule has 4 nitrogen and oxygen atoms in total. The minimum atomic E-state index is -0.541. The Labute approximate surface area is 309 Å². The third-order valence-corrected chi connectivity index (χ3v) is 12.8. The summed E-state index contributed by atoms with van der Waals surface area (Å²) in [6.07, 6.45) is 32.7. The lowest BCUT2D eigenvalue weighted by molar-refractivity contribution is 0.258. The van der Waals surface area contributed by atoms with E-state index in [0.29, 0.717) is 0 Å². The number of hydrogen-bond acceptors (Lipinski definition) is 2. The van der Waals surface area contributed by atoms with E-state index in [2.05, 4.69) is 137 Å². The molecule has 2 aromatic heterocycles. The van der Waals surface area contributed by atoms with Gasteiger partial charge in [0.15, 0.2) is 0 Å². The molecule has 2 atom stereocenters. The molecule has 0 saturated carbocycles. The maximum Gasteiger partial charge on any atom is 0.132 e. The monoisotopic (exact) mass is 688 g/mol. The number of para-hydroxylation sites is 2. The Morgan fingerprint density at radius 2 is 1.45 bits per heavy atom. The molecule has 5 aliphatic carbocycles. The van der Waals surface area contributed by atoms with Crippen LogP contribution >= 0.6 is 0 Å². The van der Waals surface area contributed by atoms with Crippen molar-refractivity contribution in [2.45, 2.75) is 69.2 Å². The fourth-order valence-corrected chi connectivity index (χ4v) is 10.7. The summed E-state index contributed by atoms with van der Waals surface area (Å²) in [5.74, 6) is 4.05. The number of ether oxygens (including phenoxy) is 2. The van der Waals surface area contributed by atoms with Gasteiger partial charge in [0.05, 0.1) is 11.5 Å². The molecule has 1 spiro atoms. The summed E-state index contributed by atoms with van der Waals surface area (Å²) in [5.41, 5.74) is 14.0. The summed E-state index contributed by atoms with van der Waals surface area (Å²) >= 11 is 0. The van der Waals surface area contributed by atoms with Crippen molar-refractivity contribution >= 4 is 34.0 Å². The van der Waals surface area contributed by atoms with Crippen LogP contribution in [0.2, 0.25) is 0 Å². The van der Waals surface area contributed by atoms with Crippen molar-refractivity contribution in [3.8, 4) is 11.4 Å². The highest BCUT2D eigenvalue weighted by Crippen LogP contribution is 2.62. The van der Waals surface area contributed by atoms with Crippen LogP contribution in [-0.2, 0) is 23.0 Å². The molecule has 4 heterocycles. The van der Waals surface area contributed by atoms with E-state index in [1.54, 1.807) is 0 Å². The predicted octanol–water partition coefficient (Wildman–Crippen LogP) is 11.8. The number of rotatable bonds is 2. The normalized spacial score (nSPS) is 23.5. The standard InChI is InChI=1S/C49H40N2O2/c1-7-19-41-33(13-1)34-14-2-8-20-42(34)50(41)31-25-27-47-39(29-31)49(37-17-5-11-23-45(37)52-46-24-12-6-18-38(46)49)40-30-32(26-28-48(40)53-47)51-43-21-9-3-15-35(43)36-16-4-10-22-44(36)51/h1-3,5,7-8,10,12-15,17,19-20,22,24,26-31H,4,6,9,11,16,18,21,23,25H2. The zero-order valence-corrected chi connectivity index (χ0v) is 29.8. The van der Waals surface area contributed by atoms with Gasteiger partial charge in [-0.25, -0.2) is 0 Å². The molecule has 0 bridgehead atoms. The minimum absolute atomic E-state index is 0.117. The molecule has 0 amide bonds. The van der Waals surface area contributed by atoms with E-state index >= 15 is 0 Å². The van der Waals surface area contributed by atoms with Crippen molar-refractivity contribution in [1.82, 2.24) is 9.13 Å². The third-order valence-electron chi connectivity index (χ3n) is 12.8. The van der Waals surface area contributed by atoms with Crippen LogP contribution in [0.4, 0.5) is 0 Å². The molecular weight excluding hydrogens is 649 g/mol. The van der Waals surface area contributed by atoms with Crippen molar-refractivity contribution < 1.29 is 9.47 Å². The molecule has 258 valence electrons. The van der Waals surface area contributed by atoms with Gasteiger partial charge >= 0.3 is 0 Å². The summed E-state index contributed by atoms with van der Waals surface area (Å²) < 4.78 is 19.1. The van der Waals surface area contributed by atoms with Crippen LogP contribution in [0.15, 0.2) is 149 Å². The smallest absolute Gasteiger partial charge is 0.132 e. The fraction of sp³-hybridized carbons (Fsp3) is 0.224. The molecule has 2 unspecified atom stereocenters. The Hall–Kier alpha value is -5.74. The highest BCUT2D eigenvalue weighted by atomic mass is 16.5. The Balaban J connectivity index is 1.15. The number of fused-ring (bicyclic) bond motifs is 12. The van der Waals surface area contributed by atoms with E-state index in [9.17, 15) is 0 Å². The first kappa shape index (κ1) is 29.8. The second-order valence-corrected chi connectivity index (χ2v) is 15.5. The number of allylic oxidation sites excluding steroid dienone is 12. The van der Waals surface area contributed by atoms with Gasteiger partial charge in [-0.1, -0.05) is 78.9 Å². The van der Waals surface area contributed by atoms with Crippen molar-refractivity contribution in [1.29, 1.82) is 0 Å². The maximum atomic E-state index is 7.08. The molecule has 0 saturated heterocycles. The van der Waals surface area contributed by atoms with Gasteiger partial charge in [-0.3, -0.25) is 0 Å². The second-order valence-electron chi connectivity index (χ2n) is 15.5. The van der Waals surface area contributed by atoms with Crippen molar-refractivity contribution in [3.05, 3.63) is 177 Å². The van der Waals surface area contributed by atoms with Crippen LogP contribution in [0, 0.1) is 0 Å². The lowest BCUT2D eigenvalue weighted by Gasteiger charge is -2.50. The van der Waals surface area contributed by atoms with Gasteiger partial charge in [-0.2, -0.15) is 0 Å². The van der Waals surface area contributed by atoms with E-state index in [1.807, 2.05) is 0 Å². The summed E-state index contributed by atoms with van der Waals surface area (Å²) in [6.45, 7) is 0. The summed E-state index contributed by atoms with van der Waals surface area (Å²) in [6, 6.07) is 25.0. The maximum absolute atomic E-state index is 7.08. The van der Waals surface area contributed by atoms with Crippen LogP contribution in [0.25, 0.3) is 39.6 Å². The largest absolute Gasteiger partial charge is 0.461 e. The van der Waals surface area contributed by atoms with Crippen LogP contribution in [-0.4, -0.2) is 9.13 Å². The molecular formula is C49H40N2O2. The molecule has 0 fully saturated rings. The molecule has 3 aromatic carbocycles. The SMILES string of the molecule is C1=CC2=C(CC1)OC1=C(CCC=C1)C21C2=CC(n3c4ccccc4c4ccccc43)CC=C2Oc2ccc(-n3c4c(c5c3CCC=C5)CCC=C4)cc21. The highest BCUT2D eigenvalue weighted by molar-refractivity contribution is 6.08. The molecule has 0 N–H and O–H groups in total. The summed E-state index contributed by atoms with van der Waals surface area (Å²) in [4.78, 5) is 0. The van der Waals surface area contributed by atoms with E-state index in [0.717, 1.165) is 80.8 Å². The molecule has 7 aliphatic rings. The first-order valence-electron chi connectivity index (χ1n) is 19.6. The molecule has 4 heteroatoms. The average molecular weight is 689 g/mol. The van der Waals surface area contributed by atoms with Crippen LogP contribution < -0.4 is 4.74 Å². The van der Waals surface area contributed by atoms with Crippen molar-refractivity contribution in [2.24, 2.45) is 0 Å². The van der Waals surface area contributed by atoms with E-state index < -0.39 is 5.41 Å². The minimum Gasteiger partial charge on any atom is -0.461 e. The zero-order chi connectivity index (χ0) is 34.7. The molecule has 5 aromatic rings. The van der Waals surface area contributed by atoms with E-state index in [1.165, 1.54) is 72.3 Å². The van der Waals surface area contributed by atoms with Crippen molar-refractivity contribution in [3.63, 3.8) is 0 Å². The Morgan fingerprint density at radius 3 is 2.34 bits per heavy atom. The first-order valence-corrected chi connectivity index (χ1v) is 19.6. The van der Waals surface area contributed by atoms with Gasteiger partial charge in [0, 0.05) is 62.0 Å². The van der Waals surface area contributed by atoms with Gasteiger partial charge in [0.1, 0.15) is 23.0 Å². The van der Waals surface area contributed by atoms with Gasteiger partial charge in [-0.05, 0) is 117 Å². The Morgan fingerprint density at radius 1 is 0.698 bits per heavy atom.